The van der Waals surface area contributed by atoms with E-state index >= 15 is 0 Å². The van der Waals surface area contributed by atoms with Crippen molar-refractivity contribution in [1.29, 1.82) is 0 Å². The first-order chi connectivity index (χ1) is 10.2. The summed E-state index contributed by atoms with van der Waals surface area (Å²) in [7, 11) is 3.42. The second kappa shape index (κ2) is 4.97. The van der Waals surface area contributed by atoms with Crippen LogP contribution in [0.15, 0.2) is 6.07 Å². The fourth-order valence-electron chi connectivity index (χ4n) is 3.57. The highest BCUT2D eigenvalue weighted by Gasteiger charge is 2.44. The number of aryl methyl sites for hydroxylation is 1. The molecule has 1 amide bonds. The lowest BCUT2D eigenvalue weighted by Crippen LogP contribution is -2.34. The molecule has 2 fully saturated rings. The Balaban J connectivity index is 1.77. The van der Waals surface area contributed by atoms with Crippen molar-refractivity contribution in [2.24, 2.45) is 12.5 Å². The molecule has 122 valence electrons. The fraction of sp³-hybridized carbons (Fsp3) is 0.714. The zero-order valence-corrected chi connectivity index (χ0v) is 12.7. The van der Waals surface area contributed by atoms with Crippen molar-refractivity contribution in [2.75, 3.05) is 33.2 Å². The number of hydrogen-bond acceptors (Lipinski definition) is 3. The summed E-state index contributed by atoms with van der Waals surface area (Å²) in [6.45, 7) is 3.16. The largest absolute Gasteiger partial charge is 0.435 e. The third kappa shape index (κ3) is 2.60. The minimum Gasteiger partial charge on any atom is -0.337 e. The van der Waals surface area contributed by atoms with Crippen molar-refractivity contribution in [3.63, 3.8) is 0 Å². The van der Waals surface area contributed by atoms with Crippen LogP contribution in [0.4, 0.5) is 13.2 Å². The Morgan fingerprint density at radius 3 is 2.45 bits per heavy atom. The maximum atomic E-state index is 12.7. The smallest absolute Gasteiger partial charge is 0.337 e. The molecule has 0 saturated carbocycles. The summed E-state index contributed by atoms with van der Waals surface area (Å²) < 4.78 is 39.1. The van der Waals surface area contributed by atoms with Crippen molar-refractivity contribution in [3.8, 4) is 0 Å². The molecule has 0 unspecified atom stereocenters. The molecule has 0 N–H and O–H groups in total. The number of rotatable bonds is 1. The third-order valence-electron chi connectivity index (χ3n) is 4.74. The first kappa shape index (κ1) is 15.3. The minimum atomic E-state index is -4.53. The topological polar surface area (TPSA) is 41.4 Å². The molecule has 1 aromatic rings. The summed E-state index contributed by atoms with van der Waals surface area (Å²) in [6.07, 6.45) is -2.59. The predicted octanol–water partition coefficient (Wildman–Crippen LogP) is 1.61. The molecule has 0 radical (unpaired) electrons. The molecule has 1 atom stereocenters. The van der Waals surface area contributed by atoms with E-state index in [2.05, 4.69) is 17.0 Å². The Labute approximate surface area is 126 Å². The molecule has 2 saturated heterocycles. The number of amides is 1. The zero-order chi connectivity index (χ0) is 16.1. The van der Waals surface area contributed by atoms with Gasteiger partial charge >= 0.3 is 6.18 Å². The number of carbonyl (C=O) groups excluding carboxylic acids is 1. The molecule has 1 aromatic heterocycles. The molecule has 1 spiro atoms. The van der Waals surface area contributed by atoms with Gasteiger partial charge in [0.2, 0.25) is 0 Å². The van der Waals surface area contributed by atoms with Crippen LogP contribution in [0.3, 0.4) is 0 Å². The Morgan fingerprint density at radius 1 is 1.23 bits per heavy atom. The van der Waals surface area contributed by atoms with Gasteiger partial charge in [0, 0.05) is 38.2 Å². The van der Waals surface area contributed by atoms with E-state index in [0.29, 0.717) is 13.1 Å². The van der Waals surface area contributed by atoms with E-state index in [-0.39, 0.29) is 17.0 Å². The Morgan fingerprint density at radius 2 is 1.91 bits per heavy atom. The van der Waals surface area contributed by atoms with Crippen LogP contribution in [-0.4, -0.2) is 58.7 Å². The first-order valence-corrected chi connectivity index (χ1v) is 7.29. The maximum absolute atomic E-state index is 12.7. The van der Waals surface area contributed by atoms with Gasteiger partial charge in [-0.3, -0.25) is 9.48 Å². The highest BCUT2D eigenvalue weighted by atomic mass is 19.4. The van der Waals surface area contributed by atoms with Gasteiger partial charge in [0.15, 0.2) is 5.69 Å². The van der Waals surface area contributed by atoms with Crippen molar-refractivity contribution in [1.82, 2.24) is 19.6 Å². The van der Waals surface area contributed by atoms with E-state index in [9.17, 15) is 18.0 Å². The SMILES string of the molecule is CN1CC[C@@]2(CCN(C(=O)c3cc(C(F)(F)F)nn3C)C2)C1. The fourth-order valence-corrected chi connectivity index (χ4v) is 3.57. The standard InChI is InChI=1S/C14H19F3N4O/c1-19-5-3-13(8-19)4-6-21(9-13)12(22)10-7-11(14(15,16)17)18-20(10)2/h7H,3-6,8-9H2,1-2H3/t13-/m1/s1. The number of likely N-dealkylation sites (tertiary alicyclic amines) is 2. The van der Waals surface area contributed by atoms with Gasteiger partial charge in [0.25, 0.3) is 5.91 Å². The molecule has 0 aromatic carbocycles. The second-order valence-electron chi connectivity index (χ2n) is 6.50. The first-order valence-electron chi connectivity index (χ1n) is 7.29. The van der Waals surface area contributed by atoms with Gasteiger partial charge < -0.3 is 9.80 Å². The molecule has 8 heteroatoms. The second-order valence-corrected chi connectivity index (χ2v) is 6.50. The Hall–Kier alpha value is -1.57. The van der Waals surface area contributed by atoms with Crippen molar-refractivity contribution < 1.29 is 18.0 Å². The lowest BCUT2D eigenvalue weighted by molar-refractivity contribution is -0.141. The lowest BCUT2D eigenvalue weighted by Gasteiger charge is -2.23. The quantitative estimate of drug-likeness (QED) is 0.790. The Kier molecular flexibility index (Phi) is 3.47. The van der Waals surface area contributed by atoms with Crippen molar-refractivity contribution in [2.45, 2.75) is 19.0 Å². The van der Waals surface area contributed by atoms with Crippen LogP contribution in [-0.2, 0) is 13.2 Å². The number of aromatic nitrogens is 2. The van der Waals surface area contributed by atoms with Gasteiger partial charge in [0.1, 0.15) is 5.69 Å². The molecule has 2 aliphatic rings. The molecule has 0 bridgehead atoms. The molecular weight excluding hydrogens is 297 g/mol. The summed E-state index contributed by atoms with van der Waals surface area (Å²) >= 11 is 0. The summed E-state index contributed by atoms with van der Waals surface area (Å²) in [5, 5.41) is 3.41. The average Bonchev–Trinajstić information content (AvgIpc) is 3.09. The highest BCUT2D eigenvalue weighted by Crippen LogP contribution is 2.39. The monoisotopic (exact) mass is 316 g/mol. The lowest BCUT2D eigenvalue weighted by atomic mass is 9.86. The number of hydrogen-bond donors (Lipinski definition) is 0. The summed E-state index contributed by atoms with van der Waals surface area (Å²) in [5.74, 6) is -0.364. The van der Waals surface area contributed by atoms with Crippen LogP contribution in [0.5, 0.6) is 0 Å². The van der Waals surface area contributed by atoms with Gasteiger partial charge in [-0.05, 0) is 26.4 Å². The number of halogens is 3. The van der Waals surface area contributed by atoms with Crippen molar-refractivity contribution >= 4 is 5.91 Å². The van der Waals surface area contributed by atoms with Gasteiger partial charge in [-0.15, -0.1) is 0 Å². The van der Waals surface area contributed by atoms with Crippen LogP contribution in [0.25, 0.3) is 0 Å². The number of alkyl halides is 3. The molecule has 0 aliphatic carbocycles. The summed E-state index contributed by atoms with van der Waals surface area (Å²) in [4.78, 5) is 16.4. The average molecular weight is 316 g/mol. The zero-order valence-electron chi connectivity index (χ0n) is 12.7. The van der Waals surface area contributed by atoms with Crippen LogP contribution >= 0.6 is 0 Å². The minimum absolute atomic E-state index is 0.00396. The van der Waals surface area contributed by atoms with E-state index in [4.69, 9.17) is 0 Å². The van der Waals surface area contributed by atoms with E-state index in [0.717, 1.165) is 36.7 Å². The number of carbonyl (C=O) groups is 1. The molecule has 2 aliphatic heterocycles. The van der Waals surface area contributed by atoms with E-state index < -0.39 is 11.9 Å². The normalized spacial score (nSPS) is 26.3. The van der Waals surface area contributed by atoms with E-state index in [1.54, 1.807) is 4.90 Å². The van der Waals surface area contributed by atoms with Crippen molar-refractivity contribution in [3.05, 3.63) is 17.5 Å². The van der Waals surface area contributed by atoms with Gasteiger partial charge in [-0.25, -0.2) is 0 Å². The van der Waals surface area contributed by atoms with Crippen LogP contribution in [0, 0.1) is 5.41 Å². The molecular formula is C14H19F3N4O. The van der Waals surface area contributed by atoms with Gasteiger partial charge in [0.05, 0.1) is 0 Å². The molecule has 5 nitrogen and oxygen atoms in total. The highest BCUT2D eigenvalue weighted by molar-refractivity contribution is 5.93. The predicted molar refractivity (Wildman–Crippen MR) is 73.3 cm³/mol. The van der Waals surface area contributed by atoms with E-state index in [1.807, 2.05) is 0 Å². The maximum Gasteiger partial charge on any atom is 0.435 e. The Bertz CT molecular complexity index is 597. The molecule has 22 heavy (non-hydrogen) atoms. The van der Waals surface area contributed by atoms with Gasteiger partial charge in [-0.1, -0.05) is 0 Å². The molecule has 3 rings (SSSR count). The van der Waals surface area contributed by atoms with Gasteiger partial charge in [-0.2, -0.15) is 18.3 Å². The van der Waals surface area contributed by atoms with Crippen LogP contribution in [0.1, 0.15) is 29.0 Å². The summed E-state index contributed by atoms with van der Waals surface area (Å²) in [5.41, 5.74) is -0.917. The van der Waals surface area contributed by atoms with Crippen LogP contribution in [0.2, 0.25) is 0 Å². The van der Waals surface area contributed by atoms with Crippen LogP contribution < -0.4 is 0 Å². The van der Waals surface area contributed by atoms with E-state index in [1.165, 1.54) is 7.05 Å². The summed E-state index contributed by atoms with van der Waals surface area (Å²) in [6, 6.07) is 0.841. The molecule has 3 heterocycles. The number of nitrogens with zero attached hydrogens (tertiary/aromatic N) is 4. The third-order valence-corrected chi connectivity index (χ3v) is 4.74.